The SMILES string of the molecule is O=C(Nc1cccc(CCCO)c1)C1CC=CCC1. The fourth-order valence-corrected chi connectivity index (χ4v) is 2.36. The number of allylic oxidation sites excluding steroid dienone is 2. The Morgan fingerprint density at radius 2 is 2.26 bits per heavy atom. The van der Waals surface area contributed by atoms with Gasteiger partial charge >= 0.3 is 0 Å². The molecule has 0 aliphatic heterocycles. The first-order chi connectivity index (χ1) is 9.29. The molecular formula is C16H21NO2. The Labute approximate surface area is 114 Å². The van der Waals surface area contributed by atoms with Crippen LogP contribution in [0.2, 0.25) is 0 Å². The Hall–Kier alpha value is -1.61. The first-order valence-electron chi connectivity index (χ1n) is 6.95. The largest absolute Gasteiger partial charge is 0.396 e. The highest BCUT2D eigenvalue weighted by Crippen LogP contribution is 2.20. The summed E-state index contributed by atoms with van der Waals surface area (Å²) in [5, 5.41) is 11.8. The van der Waals surface area contributed by atoms with Crippen LogP contribution in [0.1, 0.15) is 31.2 Å². The van der Waals surface area contributed by atoms with Crippen LogP contribution in [0, 0.1) is 5.92 Å². The van der Waals surface area contributed by atoms with Crippen molar-refractivity contribution in [2.75, 3.05) is 11.9 Å². The molecule has 2 N–H and O–H groups in total. The van der Waals surface area contributed by atoms with E-state index in [9.17, 15) is 4.79 Å². The van der Waals surface area contributed by atoms with Gasteiger partial charge in [-0.05, 0) is 49.8 Å². The quantitative estimate of drug-likeness (QED) is 0.799. The van der Waals surface area contributed by atoms with Crippen molar-refractivity contribution in [3.63, 3.8) is 0 Å². The van der Waals surface area contributed by atoms with Crippen LogP contribution in [0.3, 0.4) is 0 Å². The third kappa shape index (κ3) is 4.21. The van der Waals surface area contributed by atoms with Crippen LogP contribution < -0.4 is 5.32 Å². The predicted octanol–water partition coefficient (Wildman–Crippen LogP) is 2.91. The van der Waals surface area contributed by atoms with Crippen molar-refractivity contribution in [2.45, 2.75) is 32.1 Å². The van der Waals surface area contributed by atoms with Crippen molar-refractivity contribution in [3.8, 4) is 0 Å². The highest BCUT2D eigenvalue weighted by Gasteiger charge is 2.18. The third-order valence-corrected chi connectivity index (χ3v) is 3.46. The Balaban J connectivity index is 1.94. The van der Waals surface area contributed by atoms with Gasteiger partial charge in [0.05, 0.1) is 0 Å². The molecule has 102 valence electrons. The Morgan fingerprint density at radius 1 is 1.37 bits per heavy atom. The number of anilines is 1. The normalized spacial score (nSPS) is 18.3. The number of nitrogens with one attached hydrogen (secondary N) is 1. The molecule has 1 atom stereocenters. The Kier molecular flexibility index (Phi) is 5.16. The smallest absolute Gasteiger partial charge is 0.227 e. The monoisotopic (exact) mass is 259 g/mol. The minimum absolute atomic E-state index is 0.103. The van der Waals surface area contributed by atoms with Crippen LogP contribution in [-0.4, -0.2) is 17.6 Å². The number of rotatable bonds is 5. The number of aliphatic hydroxyl groups is 1. The van der Waals surface area contributed by atoms with E-state index in [2.05, 4.69) is 17.5 Å². The topological polar surface area (TPSA) is 49.3 Å². The Morgan fingerprint density at radius 3 is 3.00 bits per heavy atom. The molecule has 1 aliphatic rings. The van der Waals surface area contributed by atoms with Crippen molar-refractivity contribution >= 4 is 11.6 Å². The summed E-state index contributed by atoms with van der Waals surface area (Å²) in [6.07, 6.45) is 8.60. The van der Waals surface area contributed by atoms with Crippen LogP contribution in [-0.2, 0) is 11.2 Å². The van der Waals surface area contributed by atoms with Crippen molar-refractivity contribution < 1.29 is 9.90 Å². The minimum Gasteiger partial charge on any atom is -0.396 e. The first kappa shape index (κ1) is 13.8. The summed E-state index contributed by atoms with van der Waals surface area (Å²) in [4.78, 5) is 12.1. The number of carbonyl (C=O) groups excluding carboxylic acids is 1. The molecule has 19 heavy (non-hydrogen) atoms. The van der Waals surface area contributed by atoms with E-state index in [0.29, 0.717) is 0 Å². The molecule has 0 saturated carbocycles. The molecule has 1 aromatic carbocycles. The second-order valence-corrected chi connectivity index (χ2v) is 5.00. The van der Waals surface area contributed by atoms with E-state index in [1.54, 1.807) is 0 Å². The van der Waals surface area contributed by atoms with Gasteiger partial charge in [-0.3, -0.25) is 4.79 Å². The fraction of sp³-hybridized carbons (Fsp3) is 0.438. The van der Waals surface area contributed by atoms with Crippen molar-refractivity contribution in [1.82, 2.24) is 0 Å². The number of aryl methyl sites for hydroxylation is 1. The lowest BCUT2D eigenvalue weighted by Crippen LogP contribution is -2.23. The molecule has 2 rings (SSSR count). The third-order valence-electron chi connectivity index (χ3n) is 3.46. The molecule has 0 heterocycles. The first-order valence-corrected chi connectivity index (χ1v) is 6.95. The number of amides is 1. The van der Waals surface area contributed by atoms with Crippen LogP contribution in [0.4, 0.5) is 5.69 Å². The second kappa shape index (κ2) is 7.10. The molecule has 1 aromatic rings. The van der Waals surface area contributed by atoms with E-state index in [1.165, 1.54) is 0 Å². The zero-order valence-electron chi connectivity index (χ0n) is 11.1. The number of hydrogen-bond donors (Lipinski definition) is 2. The molecule has 0 bridgehead atoms. The van der Waals surface area contributed by atoms with E-state index in [1.807, 2.05) is 24.3 Å². The van der Waals surface area contributed by atoms with Gasteiger partial charge in [0.15, 0.2) is 0 Å². The van der Waals surface area contributed by atoms with Gasteiger partial charge in [0, 0.05) is 18.2 Å². The highest BCUT2D eigenvalue weighted by molar-refractivity contribution is 5.92. The van der Waals surface area contributed by atoms with Crippen molar-refractivity contribution in [1.29, 1.82) is 0 Å². The number of hydrogen-bond acceptors (Lipinski definition) is 2. The average molecular weight is 259 g/mol. The molecular weight excluding hydrogens is 238 g/mol. The highest BCUT2D eigenvalue weighted by atomic mass is 16.2. The average Bonchev–Trinajstić information content (AvgIpc) is 2.46. The predicted molar refractivity (Wildman–Crippen MR) is 77.0 cm³/mol. The summed E-state index contributed by atoms with van der Waals surface area (Å²) >= 11 is 0. The van der Waals surface area contributed by atoms with Gasteiger partial charge in [0.2, 0.25) is 5.91 Å². The summed E-state index contributed by atoms with van der Waals surface area (Å²) in [6, 6.07) is 7.88. The molecule has 3 nitrogen and oxygen atoms in total. The minimum atomic E-state index is 0.103. The van der Waals surface area contributed by atoms with Crippen molar-refractivity contribution in [2.24, 2.45) is 5.92 Å². The summed E-state index contributed by atoms with van der Waals surface area (Å²) in [6.45, 7) is 0.199. The molecule has 1 amide bonds. The number of benzene rings is 1. The lowest BCUT2D eigenvalue weighted by Gasteiger charge is -2.17. The van der Waals surface area contributed by atoms with E-state index in [-0.39, 0.29) is 18.4 Å². The lowest BCUT2D eigenvalue weighted by atomic mass is 9.93. The molecule has 0 radical (unpaired) electrons. The standard InChI is InChI=1S/C16H21NO2/c18-11-5-7-13-6-4-10-15(12-13)17-16(19)14-8-2-1-3-9-14/h1-2,4,6,10,12,14,18H,3,5,7-9,11H2,(H,17,19). The van der Waals surface area contributed by atoms with Crippen molar-refractivity contribution in [3.05, 3.63) is 42.0 Å². The number of carbonyl (C=O) groups is 1. The van der Waals surface area contributed by atoms with Gasteiger partial charge in [-0.1, -0.05) is 24.3 Å². The zero-order valence-corrected chi connectivity index (χ0v) is 11.1. The van der Waals surface area contributed by atoms with Gasteiger partial charge in [-0.25, -0.2) is 0 Å². The number of aliphatic hydroxyl groups excluding tert-OH is 1. The van der Waals surface area contributed by atoms with Crippen LogP contribution in [0.5, 0.6) is 0 Å². The maximum atomic E-state index is 12.1. The fourth-order valence-electron chi connectivity index (χ4n) is 2.36. The zero-order chi connectivity index (χ0) is 13.5. The van der Waals surface area contributed by atoms with Gasteiger partial charge < -0.3 is 10.4 Å². The maximum absolute atomic E-state index is 12.1. The van der Waals surface area contributed by atoms with Crippen LogP contribution in [0.15, 0.2) is 36.4 Å². The van der Waals surface area contributed by atoms with E-state index >= 15 is 0 Å². The van der Waals surface area contributed by atoms with Gasteiger partial charge in [-0.2, -0.15) is 0 Å². The van der Waals surface area contributed by atoms with Crippen LogP contribution in [0.25, 0.3) is 0 Å². The van der Waals surface area contributed by atoms with Gasteiger partial charge in [0.25, 0.3) is 0 Å². The second-order valence-electron chi connectivity index (χ2n) is 5.00. The molecule has 0 fully saturated rings. The van der Waals surface area contributed by atoms with E-state index in [0.717, 1.165) is 43.4 Å². The molecule has 0 spiro atoms. The summed E-state index contributed by atoms with van der Waals surface area (Å²) in [5.74, 6) is 0.217. The molecule has 1 unspecified atom stereocenters. The van der Waals surface area contributed by atoms with Gasteiger partial charge in [-0.15, -0.1) is 0 Å². The Bertz CT molecular complexity index is 454. The lowest BCUT2D eigenvalue weighted by molar-refractivity contribution is -0.120. The van der Waals surface area contributed by atoms with Gasteiger partial charge in [0.1, 0.15) is 0 Å². The van der Waals surface area contributed by atoms with E-state index in [4.69, 9.17) is 5.11 Å². The summed E-state index contributed by atoms with van der Waals surface area (Å²) in [7, 11) is 0. The molecule has 0 saturated heterocycles. The molecule has 3 heteroatoms. The van der Waals surface area contributed by atoms with Crippen LogP contribution >= 0.6 is 0 Å². The maximum Gasteiger partial charge on any atom is 0.227 e. The summed E-state index contributed by atoms with van der Waals surface area (Å²) < 4.78 is 0. The van der Waals surface area contributed by atoms with E-state index < -0.39 is 0 Å². The summed E-state index contributed by atoms with van der Waals surface area (Å²) in [5.41, 5.74) is 2.00. The molecule has 1 aliphatic carbocycles. The molecule has 0 aromatic heterocycles.